The lowest BCUT2D eigenvalue weighted by Crippen LogP contribution is -2.34. The van der Waals surface area contributed by atoms with Crippen molar-refractivity contribution in [2.75, 3.05) is 18.5 Å². The SMILES string of the molecule is [C-]#[N+]CCOC(=N)O[C@@H]1[C@@H](CC)OC(n2cnc3c(NC(=O)c4ccccc4)ncnc32)[C@@H]1F. The fraction of sp³-hybridized carbons (Fsp3) is 0.364. The second-order valence-electron chi connectivity index (χ2n) is 7.38. The molecule has 0 bridgehead atoms. The first-order valence-electron chi connectivity index (χ1n) is 10.6. The summed E-state index contributed by atoms with van der Waals surface area (Å²) in [6.45, 7) is 8.60. The number of carbonyl (C=O) groups is 1. The number of rotatable bonds is 7. The highest BCUT2D eigenvalue weighted by Gasteiger charge is 2.48. The first kappa shape index (κ1) is 23.1. The van der Waals surface area contributed by atoms with Crippen LogP contribution in [0.5, 0.6) is 0 Å². The minimum absolute atomic E-state index is 0.0202. The Morgan fingerprint density at radius 1 is 1.32 bits per heavy atom. The molecule has 1 amide bonds. The number of anilines is 1. The van der Waals surface area contributed by atoms with Crippen LogP contribution in [0.2, 0.25) is 0 Å². The number of imidazole rings is 1. The Balaban J connectivity index is 1.54. The number of alkyl halides is 1. The Hall–Kier alpha value is -4.11. The van der Waals surface area contributed by atoms with E-state index in [4.69, 9.17) is 26.2 Å². The minimum atomic E-state index is -1.66. The van der Waals surface area contributed by atoms with Crippen molar-refractivity contribution in [1.29, 1.82) is 5.41 Å². The Bertz CT molecular complexity index is 1210. The maximum atomic E-state index is 15.4. The quantitative estimate of drug-likeness (QED) is 0.237. The third kappa shape index (κ3) is 4.65. The molecule has 2 aromatic heterocycles. The predicted octanol–water partition coefficient (Wildman–Crippen LogP) is 2.98. The molecular weight excluding hydrogens is 445 g/mol. The van der Waals surface area contributed by atoms with Crippen LogP contribution in [-0.4, -0.2) is 63.0 Å². The van der Waals surface area contributed by atoms with Crippen LogP contribution in [0, 0.1) is 12.0 Å². The van der Waals surface area contributed by atoms with E-state index in [0.717, 1.165) is 0 Å². The van der Waals surface area contributed by atoms with E-state index in [0.29, 0.717) is 12.0 Å². The van der Waals surface area contributed by atoms with E-state index in [2.05, 4.69) is 25.1 Å². The van der Waals surface area contributed by atoms with Crippen molar-refractivity contribution in [3.63, 3.8) is 0 Å². The third-order valence-corrected chi connectivity index (χ3v) is 5.25. The Morgan fingerprint density at radius 2 is 2.12 bits per heavy atom. The molecular formula is C22H22FN7O4. The molecule has 3 aromatic rings. The first-order chi connectivity index (χ1) is 16.5. The van der Waals surface area contributed by atoms with E-state index in [1.54, 1.807) is 30.3 Å². The number of carbonyl (C=O) groups excluding carboxylic acids is 1. The van der Waals surface area contributed by atoms with Crippen LogP contribution in [-0.2, 0) is 14.2 Å². The van der Waals surface area contributed by atoms with Gasteiger partial charge < -0.3 is 24.4 Å². The van der Waals surface area contributed by atoms with Gasteiger partial charge in [0.15, 0.2) is 42.1 Å². The number of fused-ring (bicyclic) bond motifs is 1. The molecule has 11 nitrogen and oxygen atoms in total. The monoisotopic (exact) mass is 467 g/mol. The molecule has 176 valence electrons. The molecule has 1 aliphatic heterocycles. The van der Waals surface area contributed by atoms with Crippen molar-refractivity contribution in [3.05, 3.63) is 60.0 Å². The Morgan fingerprint density at radius 3 is 2.85 bits per heavy atom. The average molecular weight is 467 g/mol. The predicted molar refractivity (Wildman–Crippen MR) is 119 cm³/mol. The molecule has 12 heteroatoms. The number of hydrogen-bond donors (Lipinski definition) is 2. The topological polar surface area (TPSA) is 129 Å². The highest BCUT2D eigenvalue weighted by molar-refractivity contribution is 6.06. The Labute approximate surface area is 194 Å². The van der Waals surface area contributed by atoms with Crippen LogP contribution in [0.1, 0.15) is 29.9 Å². The summed E-state index contributed by atoms with van der Waals surface area (Å²) >= 11 is 0. The lowest BCUT2D eigenvalue weighted by Gasteiger charge is -2.19. The van der Waals surface area contributed by atoms with Gasteiger partial charge in [0.25, 0.3) is 5.91 Å². The summed E-state index contributed by atoms with van der Waals surface area (Å²) in [7, 11) is 0. The zero-order valence-electron chi connectivity index (χ0n) is 18.2. The lowest BCUT2D eigenvalue weighted by atomic mass is 10.1. The second kappa shape index (κ2) is 10.2. The van der Waals surface area contributed by atoms with Gasteiger partial charge in [-0.25, -0.2) is 31.3 Å². The number of hydrogen-bond acceptors (Lipinski definition) is 8. The molecule has 0 spiro atoms. The lowest BCUT2D eigenvalue weighted by molar-refractivity contribution is -0.0253. The average Bonchev–Trinajstić information content (AvgIpc) is 3.41. The fourth-order valence-corrected chi connectivity index (χ4v) is 3.63. The zero-order chi connectivity index (χ0) is 24.1. The number of benzene rings is 1. The van der Waals surface area contributed by atoms with E-state index < -0.39 is 30.7 Å². The van der Waals surface area contributed by atoms with Gasteiger partial charge in [0.1, 0.15) is 12.4 Å². The van der Waals surface area contributed by atoms with Crippen LogP contribution in [0.15, 0.2) is 43.0 Å². The van der Waals surface area contributed by atoms with Crippen molar-refractivity contribution in [1.82, 2.24) is 19.5 Å². The molecule has 1 unspecified atom stereocenters. The number of halogens is 1. The smallest absolute Gasteiger partial charge is 0.381 e. The highest BCUT2D eigenvalue weighted by Crippen LogP contribution is 2.37. The van der Waals surface area contributed by atoms with E-state index >= 15 is 4.39 Å². The highest BCUT2D eigenvalue weighted by atomic mass is 19.1. The molecule has 1 aliphatic rings. The van der Waals surface area contributed by atoms with E-state index in [1.165, 1.54) is 17.2 Å². The van der Waals surface area contributed by atoms with Crippen LogP contribution in [0.25, 0.3) is 16.0 Å². The summed E-state index contributed by atoms with van der Waals surface area (Å²) in [5.41, 5.74) is 0.989. The number of nitrogens with zero attached hydrogens (tertiary/aromatic N) is 5. The number of ether oxygens (including phenoxy) is 3. The molecule has 4 rings (SSSR count). The number of amides is 1. The number of aromatic nitrogens is 4. The molecule has 1 fully saturated rings. The van der Waals surface area contributed by atoms with Crippen LogP contribution < -0.4 is 5.32 Å². The molecule has 0 saturated carbocycles. The van der Waals surface area contributed by atoms with Crippen LogP contribution in [0.4, 0.5) is 10.2 Å². The maximum absolute atomic E-state index is 15.4. The van der Waals surface area contributed by atoms with Crippen molar-refractivity contribution in [2.24, 2.45) is 0 Å². The van der Waals surface area contributed by atoms with Crippen molar-refractivity contribution in [3.8, 4) is 0 Å². The van der Waals surface area contributed by atoms with Gasteiger partial charge in [0.05, 0.1) is 6.33 Å². The summed E-state index contributed by atoms with van der Waals surface area (Å²) in [6, 6.07) is 8.63. The van der Waals surface area contributed by atoms with Crippen LogP contribution >= 0.6 is 0 Å². The number of nitrogens with one attached hydrogen (secondary N) is 2. The second-order valence-corrected chi connectivity index (χ2v) is 7.38. The van der Waals surface area contributed by atoms with E-state index in [-0.39, 0.29) is 36.0 Å². The van der Waals surface area contributed by atoms with Crippen molar-refractivity contribution >= 4 is 29.0 Å². The minimum Gasteiger partial charge on any atom is -0.443 e. The summed E-state index contributed by atoms with van der Waals surface area (Å²) in [4.78, 5) is 28.3. The third-order valence-electron chi connectivity index (χ3n) is 5.25. The van der Waals surface area contributed by atoms with Gasteiger partial charge in [0.2, 0.25) is 6.54 Å². The van der Waals surface area contributed by atoms with Gasteiger partial charge in [-0.1, -0.05) is 25.1 Å². The van der Waals surface area contributed by atoms with Gasteiger partial charge in [0, 0.05) is 5.56 Å². The van der Waals surface area contributed by atoms with Gasteiger partial charge >= 0.3 is 6.08 Å². The van der Waals surface area contributed by atoms with Gasteiger partial charge in [-0.2, -0.15) is 0 Å². The van der Waals surface area contributed by atoms with Crippen LogP contribution in [0.3, 0.4) is 0 Å². The van der Waals surface area contributed by atoms with Gasteiger partial charge in [-0.05, 0) is 18.6 Å². The normalized spacial score (nSPS) is 21.7. The standard InChI is InChI=1S/C22H22FN7O4/c1-3-14-17(34-22(24)32-10-9-25-2)15(23)21(33-14)30-12-28-16-18(26-11-27-19(16)30)29-20(31)13-7-5-4-6-8-13/h4-8,11-12,14-15,17,21,24H,3,9-10H2,1H3,(H,26,27,29,31)/t14-,15-,17-,21?/m1/s1. The fourth-order valence-electron chi connectivity index (χ4n) is 3.63. The summed E-state index contributed by atoms with van der Waals surface area (Å²) in [6.07, 6.45) is -2.06. The molecule has 0 radical (unpaired) electrons. The molecule has 1 aromatic carbocycles. The van der Waals surface area contributed by atoms with E-state index in [1.807, 2.05) is 6.92 Å². The van der Waals surface area contributed by atoms with E-state index in [9.17, 15) is 4.79 Å². The summed E-state index contributed by atoms with van der Waals surface area (Å²) in [5, 5.41) is 10.5. The molecule has 0 aliphatic carbocycles. The van der Waals surface area contributed by atoms with Gasteiger partial charge in [-0.15, -0.1) is 0 Å². The summed E-state index contributed by atoms with van der Waals surface area (Å²) in [5.74, 6) is -0.187. The van der Waals surface area contributed by atoms with Crippen molar-refractivity contribution in [2.45, 2.75) is 38.0 Å². The van der Waals surface area contributed by atoms with Crippen molar-refractivity contribution < 1.29 is 23.4 Å². The molecule has 4 atom stereocenters. The maximum Gasteiger partial charge on any atom is 0.381 e. The van der Waals surface area contributed by atoms with Gasteiger partial charge in [-0.3, -0.25) is 9.36 Å². The molecule has 1 saturated heterocycles. The largest absolute Gasteiger partial charge is 0.443 e. The molecule has 34 heavy (non-hydrogen) atoms. The molecule has 2 N–H and O–H groups in total. The Kier molecular flexibility index (Phi) is 6.93. The first-order valence-corrected chi connectivity index (χ1v) is 10.6. The zero-order valence-corrected chi connectivity index (χ0v) is 18.2. The molecule has 3 heterocycles. The summed E-state index contributed by atoms with van der Waals surface area (Å²) < 4.78 is 33.1.